The summed E-state index contributed by atoms with van der Waals surface area (Å²) in [5.74, 6) is -0.297. The molecule has 0 radical (unpaired) electrons. The molecule has 5 aromatic rings. The first-order valence-corrected chi connectivity index (χ1v) is 17.5. The van der Waals surface area contributed by atoms with E-state index in [1.165, 1.54) is 0 Å². The summed E-state index contributed by atoms with van der Waals surface area (Å²) in [6.45, 7) is 3.62. The molecule has 2 aromatic heterocycles. The lowest BCUT2D eigenvalue weighted by Gasteiger charge is -2.43. The summed E-state index contributed by atoms with van der Waals surface area (Å²) in [5, 5.41) is 15.9. The largest absolute Gasteiger partial charge is 0.333 e. The second kappa shape index (κ2) is 14.5. The van der Waals surface area contributed by atoms with E-state index in [1.54, 1.807) is 35.5 Å². The Morgan fingerprint density at radius 2 is 1.80 bits per heavy atom. The van der Waals surface area contributed by atoms with Gasteiger partial charge in [0, 0.05) is 59.4 Å². The predicted octanol–water partition coefficient (Wildman–Crippen LogP) is 6.97. The van der Waals surface area contributed by atoms with Crippen molar-refractivity contribution in [3.63, 3.8) is 0 Å². The van der Waals surface area contributed by atoms with Crippen LogP contribution in [-0.4, -0.2) is 61.9 Å². The Morgan fingerprint density at radius 1 is 0.980 bits per heavy atom. The van der Waals surface area contributed by atoms with Gasteiger partial charge in [0.05, 0.1) is 35.4 Å². The average Bonchev–Trinajstić information content (AvgIpc) is 3.45. The number of hydrogen-bond acceptors (Lipinski definition) is 6. The molecule has 50 heavy (non-hydrogen) atoms. The molecule has 1 aliphatic heterocycles. The molecule has 0 saturated carbocycles. The van der Waals surface area contributed by atoms with Crippen LogP contribution >= 0.6 is 27.5 Å². The predicted molar refractivity (Wildman–Crippen MR) is 196 cm³/mol. The lowest BCUT2D eigenvalue weighted by molar-refractivity contribution is -0.122. The number of urea groups is 1. The first-order valence-electron chi connectivity index (χ1n) is 16.4. The molecular formula is C38H34BrClN8O2. The van der Waals surface area contributed by atoms with Crippen LogP contribution in [0, 0.1) is 18.3 Å². The van der Waals surface area contributed by atoms with Gasteiger partial charge in [-0.2, -0.15) is 5.26 Å². The third kappa shape index (κ3) is 7.28. The third-order valence-electron chi connectivity index (χ3n) is 9.22. The molecule has 3 heterocycles. The van der Waals surface area contributed by atoms with Gasteiger partial charge in [-0.3, -0.25) is 14.7 Å². The van der Waals surface area contributed by atoms with Gasteiger partial charge in [0.2, 0.25) is 5.91 Å². The number of carbonyl (C=O) groups excluding carboxylic acids is 2. The van der Waals surface area contributed by atoms with Crippen molar-refractivity contribution >= 4 is 50.8 Å². The van der Waals surface area contributed by atoms with Gasteiger partial charge < -0.3 is 20.1 Å². The number of pyridine rings is 1. The number of anilines is 2. The minimum absolute atomic E-state index is 0.242. The number of rotatable bonds is 6. The smallest absolute Gasteiger partial charge is 0.322 e. The normalized spacial score (nSPS) is 17.2. The zero-order chi connectivity index (χ0) is 34.8. The van der Waals surface area contributed by atoms with Crippen LogP contribution in [0.3, 0.4) is 0 Å². The fourth-order valence-electron chi connectivity index (χ4n) is 6.85. The van der Waals surface area contributed by atoms with E-state index in [9.17, 15) is 14.9 Å². The number of aromatic nitrogens is 3. The van der Waals surface area contributed by atoms with Gasteiger partial charge in [-0.1, -0.05) is 29.8 Å². The first kappa shape index (κ1) is 33.5. The summed E-state index contributed by atoms with van der Waals surface area (Å²) in [6.07, 6.45) is 7.18. The Kier molecular flexibility index (Phi) is 9.68. The molecule has 0 unspecified atom stereocenters. The van der Waals surface area contributed by atoms with E-state index >= 15 is 0 Å². The molecule has 10 nitrogen and oxygen atoms in total. The number of nitrogens with one attached hydrogen (secondary N) is 2. The maximum atomic E-state index is 14.3. The first-order chi connectivity index (χ1) is 24.2. The summed E-state index contributed by atoms with van der Waals surface area (Å²) >= 11 is 10.1. The van der Waals surface area contributed by atoms with Crippen LogP contribution in [0.1, 0.15) is 45.2 Å². The van der Waals surface area contributed by atoms with Crippen LogP contribution in [-0.2, 0) is 24.2 Å². The van der Waals surface area contributed by atoms with Gasteiger partial charge >= 0.3 is 6.03 Å². The average molecular weight is 750 g/mol. The van der Waals surface area contributed by atoms with Crippen LogP contribution in [0.2, 0.25) is 5.02 Å². The van der Waals surface area contributed by atoms with Gasteiger partial charge in [0.1, 0.15) is 6.04 Å². The summed E-state index contributed by atoms with van der Waals surface area (Å²) in [7, 11) is 0. The van der Waals surface area contributed by atoms with Crippen LogP contribution in [0.25, 0.3) is 0 Å². The number of imidazole rings is 1. The highest BCUT2D eigenvalue weighted by Gasteiger charge is 2.40. The highest BCUT2D eigenvalue weighted by molar-refractivity contribution is 9.10. The van der Waals surface area contributed by atoms with Crippen LogP contribution < -0.4 is 10.6 Å². The minimum atomic E-state index is -0.833. The number of aryl methyl sites for hydroxylation is 3. The lowest BCUT2D eigenvalue weighted by Crippen LogP contribution is -2.61. The summed E-state index contributed by atoms with van der Waals surface area (Å²) < 4.78 is 2.90. The second-order valence-electron chi connectivity index (χ2n) is 12.6. The van der Waals surface area contributed by atoms with Gasteiger partial charge in [-0.25, -0.2) is 9.78 Å². The van der Waals surface area contributed by atoms with Gasteiger partial charge in [0.25, 0.3) is 0 Å². The molecule has 7 rings (SSSR count). The molecule has 3 amide bonds. The number of piperazine rings is 1. The highest BCUT2D eigenvalue weighted by Crippen LogP contribution is 2.38. The molecule has 1 aliphatic carbocycles. The van der Waals surface area contributed by atoms with Crippen molar-refractivity contribution < 1.29 is 9.59 Å². The Bertz CT molecular complexity index is 2060. The van der Waals surface area contributed by atoms with E-state index in [-0.39, 0.29) is 18.5 Å². The number of carbonyl (C=O) groups is 2. The number of fused-ring (bicyclic) bond motifs is 2. The van der Waals surface area contributed by atoms with E-state index in [4.69, 9.17) is 16.6 Å². The Balaban J connectivity index is 1.20. The van der Waals surface area contributed by atoms with Crippen molar-refractivity contribution in [2.24, 2.45) is 0 Å². The molecule has 2 aliphatic rings. The number of benzene rings is 3. The fourth-order valence-corrected chi connectivity index (χ4v) is 7.43. The molecular weight excluding hydrogens is 716 g/mol. The van der Waals surface area contributed by atoms with E-state index in [1.807, 2.05) is 60.3 Å². The highest BCUT2D eigenvalue weighted by atomic mass is 79.9. The molecule has 1 fully saturated rings. The number of nitrogens with zero attached hydrogens (tertiary/aromatic N) is 6. The van der Waals surface area contributed by atoms with Gasteiger partial charge in [-0.05, 0) is 113 Å². The number of nitriles is 1. The van der Waals surface area contributed by atoms with Crippen molar-refractivity contribution in [3.8, 4) is 6.07 Å². The summed E-state index contributed by atoms with van der Waals surface area (Å²) in [6, 6.07) is 23.1. The Hall–Kier alpha value is -5.02. The molecule has 1 saturated heterocycles. The quantitative estimate of drug-likeness (QED) is 0.194. The minimum Gasteiger partial charge on any atom is -0.333 e. The molecule has 252 valence electrons. The standard InChI is InChI=1S/C38H34BrClN8O2/c1-24-20-46(23-43-24)21-26-3-2-4-32(15-26)44-37(49)34-22-47(13-14-48(34)38(50)45-31-10-5-25(18-41)6-11-31)36-33-12-9-30(40)17-27(33)7-8-28-16-29(39)19-42-35(28)36/h2-6,9-12,15-17,19-20,23,34,36H,7-8,13-14,21-22H2,1H3,(H,44,49)(H,45,50)/t34-,36-/m1/s1. The molecule has 2 N–H and O–H groups in total. The lowest BCUT2D eigenvalue weighted by atomic mass is 9.95. The van der Waals surface area contributed by atoms with E-state index in [0.717, 1.165) is 51.0 Å². The van der Waals surface area contributed by atoms with Gasteiger partial charge in [0.15, 0.2) is 0 Å². The zero-order valence-corrected chi connectivity index (χ0v) is 29.7. The number of amides is 3. The molecule has 2 atom stereocenters. The van der Waals surface area contributed by atoms with Crippen LogP contribution in [0.5, 0.6) is 0 Å². The number of hydrogen-bond donors (Lipinski definition) is 2. The Morgan fingerprint density at radius 3 is 2.58 bits per heavy atom. The molecule has 12 heteroatoms. The zero-order valence-electron chi connectivity index (χ0n) is 27.3. The van der Waals surface area contributed by atoms with E-state index < -0.39 is 12.1 Å². The van der Waals surface area contributed by atoms with Crippen LogP contribution in [0.4, 0.5) is 16.2 Å². The van der Waals surface area contributed by atoms with Crippen molar-refractivity contribution in [1.82, 2.24) is 24.3 Å². The summed E-state index contributed by atoms with van der Waals surface area (Å²) in [5.41, 5.74) is 7.91. The molecule has 0 spiro atoms. The number of halogens is 2. The maximum Gasteiger partial charge on any atom is 0.322 e. The monoisotopic (exact) mass is 748 g/mol. The molecule has 0 bridgehead atoms. The van der Waals surface area contributed by atoms with Crippen molar-refractivity contribution in [1.29, 1.82) is 5.26 Å². The van der Waals surface area contributed by atoms with Crippen molar-refractivity contribution in [2.45, 2.75) is 38.4 Å². The molecule has 3 aromatic carbocycles. The van der Waals surface area contributed by atoms with Gasteiger partial charge in [-0.15, -0.1) is 0 Å². The maximum absolute atomic E-state index is 14.3. The second-order valence-corrected chi connectivity index (χ2v) is 14.0. The Labute approximate surface area is 303 Å². The van der Waals surface area contributed by atoms with Crippen molar-refractivity contribution in [3.05, 3.63) is 140 Å². The van der Waals surface area contributed by atoms with Crippen molar-refractivity contribution in [2.75, 3.05) is 30.3 Å². The van der Waals surface area contributed by atoms with E-state index in [2.05, 4.69) is 54.6 Å². The SMILES string of the molecule is Cc1cn(Cc2cccc(NC(=O)[C@H]3CN([C@@H]4c5ccc(Cl)cc5CCc5cc(Br)cnc54)CCN3C(=O)Nc3ccc(C#N)cc3)c2)cn1. The summed E-state index contributed by atoms with van der Waals surface area (Å²) in [4.78, 5) is 41.3. The van der Waals surface area contributed by atoms with E-state index in [0.29, 0.717) is 41.6 Å². The van der Waals surface area contributed by atoms with Crippen LogP contribution in [0.15, 0.2) is 96.0 Å². The third-order valence-corrected chi connectivity index (χ3v) is 9.89. The topological polar surface area (TPSA) is 119 Å². The fraction of sp³-hybridized carbons (Fsp3) is 0.237.